The lowest BCUT2D eigenvalue weighted by Crippen LogP contribution is -2.70. The van der Waals surface area contributed by atoms with Crippen LogP contribution in [0.2, 0.25) is 0 Å². The third-order valence-corrected chi connectivity index (χ3v) is 6.24. The van der Waals surface area contributed by atoms with Gasteiger partial charge in [0.15, 0.2) is 5.75 Å². The molecule has 3 aliphatic heterocycles. The molecule has 3 fully saturated rings. The van der Waals surface area contributed by atoms with Crippen molar-refractivity contribution < 1.29 is 28.2 Å². The molecule has 3 saturated heterocycles. The smallest absolute Gasteiger partial charge is 0.421 e. The average Bonchev–Trinajstić information content (AvgIpc) is 3.43. The quantitative estimate of drug-likeness (QED) is 0.577. The number of carbonyl (C=O) groups excluding carboxylic acids is 1. The van der Waals surface area contributed by atoms with Gasteiger partial charge in [0, 0.05) is 18.5 Å². The van der Waals surface area contributed by atoms with Crippen LogP contribution in [0.25, 0.3) is 17.0 Å². The molecular weight excluding hydrogens is 470 g/mol. The maximum Gasteiger partial charge on any atom is 0.421 e. The van der Waals surface area contributed by atoms with Crippen LogP contribution < -0.4 is 9.64 Å². The molecule has 0 radical (unpaired) electrons. The van der Waals surface area contributed by atoms with Gasteiger partial charge in [-0.3, -0.25) is 4.90 Å². The van der Waals surface area contributed by atoms with Crippen molar-refractivity contribution in [1.29, 1.82) is 0 Å². The largest absolute Gasteiger partial charge is 0.444 e. The van der Waals surface area contributed by atoms with Crippen LogP contribution in [0.4, 0.5) is 19.5 Å². The standard InChI is InChI=1S/C21H24F2N6O4S/c1-20(2,3)33-19(31)28-12-6-13(28)8-27(7-12)18-25-17-16(32-21(22,23)10-30)5-4-15(29(17)26-18)14-9-34-11-24-14/h4-5,9,11-13,30H,6-8,10H2,1-3H3. The number of hydrogen-bond acceptors (Lipinski definition) is 9. The first-order valence-electron chi connectivity index (χ1n) is 10.8. The molecule has 0 spiro atoms. The van der Waals surface area contributed by atoms with Crippen LogP contribution in [-0.4, -0.2) is 79.2 Å². The van der Waals surface area contributed by atoms with E-state index >= 15 is 0 Å². The minimum atomic E-state index is -3.77. The number of amides is 1. The molecule has 2 unspecified atom stereocenters. The van der Waals surface area contributed by atoms with E-state index in [-0.39, 0.29) is 29.6 Å². The lowest BCUT2D eigenvalue weighted by Gasteiger charge is -2.55. The molecule has 2 bridgehead atoms. The molecule has 0 saturated carbocycles. The number of piperazine rings is 1. The van der Waals surface area contributed by atoms with E-state index in [1.165, 1.54) is 21.9 Å². The van der Waals surface area contributed by atoms with Crippen molar-refractivity contribution in [3.05, 3.63) is 23.0 Å². The van der Waals surface area contributed by atoms with Gasteiger partial charge in [-0.25, -0.2) is 14.3 Å². The van der Waals surface area contributed by atoms with E-state index in [9.17, 15) is 13.6 Å². The number of aliphatic hydroxyl groups is 1. The lowest BCUT2D eigenvalue weighted by atomic mass is 9.88. The van der Waals surface area contributed by atoms with Gasteiger partial charge in [-0.1, -0.05) is 0 Å². The van der Waals surface area contributed by atoms with Crippen molar-refractivity contribution in [3.8, 4) is 17.1 Å². The molecule has 6 rings (SSSR count). The van der Waals surface area contributed by atoms with Crippen LogP contribution >= 0.6 is 11.3 Å². The number of fused-ring (bicyclic) bond motifs is 3. The summed E-state index contributed by atoms with van der Waals surface area (Å²) in [7, 11) is 0. The van der Waals surface area contributed by atoms with Crippen molar-refractivity contribution in [1.82, 2.24) is 24.5 Å². The summed E-state index contributed by atoms with van der Waals surface area (Å²) in [5, 5.41) is 15.3. The average molecular weight is 495 g/mol. The number of carbonyl (C=O) groups is 1. The van der Waals surface area contributed by atoms with E-state index in [0.717, 1.165) is 6.42 Å². The Bertz CT molecular complexity index is 1200. The second-order valence-electron chi connectivity index (χ2n) is 9.34. The second kappa shape index (κ2) is 8.01. The third kappa shape index (κ3) is 4.13. The number of halogens is 2. The van der Waals surface area contributed by atoms with Crippen molar-refractivity contribution in [3.63, 3.8) is 0 Å². The Morgan fingerprint density at radius 3 is 2.62 bits per heavy atom. The summed E-state index contributed by atoms with van der Waals surface area (Å²) >= 11 is 1.39. The lowest BCUT2D eigenvalue weighted by molar-refractivity contribution is -0.200. The molecule has 0 aromatic carbocycles. The fraction of sp³-hybridized carbons (Fsp3) is 0.524. The molecule has 1 amide bonds. The number of aliphatic hydroxyl groups excluding tert-OH is 1. The predicted molar refractivity (Wildman–Crippen MR) is 119 cm³/mol. The topological polar surface area (TPSA) is 105 Å². The highest BCUT2D eigenvalue weighted by atomic mass is 32.1. The molecule has 182 valence electrons. The monoisotopic (exact) mass is 494 g/mol. The molecule has 2 atom stereocenters. The zero-order valence-electron chi connectivity index (χ0n) is 18.8. The first kappa shape index (κ1) is 22.7. The Morgan fingerprint density at radius 2 is 2.00 bits per heavy atom. The zero-order valence-corrected chi connectivity index (χ0v) is 19.6. The summed E-state index contributed by atoms with van der Waals surface area (Å²) in [4.78, 5) is 25.0. The van der Waals surface area contributed by atoms with Crippen LogP contribution in [0.3, 0.4) is 0 Å². The van der Waals surface area contributed by atoms with E-state index in [4.69, 9.17) is 14.6 Å². The summed E-state index contributed by atoms with van der Waals surface area (Å²) in [5.41, 5.74) is 2.34. The number of piperidine rings is 1. The molecule has 13 heteroatoms. The highest BCUT2D eigenvalue weighted by molar-refractivity contribution is 7.07. The Morgan fingerprint density at radius 1 is 1.26 bits per heavy atom. The summed E-state index contributed by atoms with van der Waals surface area (Å²) in [5.74, 6) is 0.118. The molecular formula is C21H24F2N6O4S. The van der Waals surface area contributed by atoms with Crippen LogP contribution in [0.15, 0.2) is 23.0 Å². The van der Waals surface area contributed by atoms with Gasteiger partial charge in [0.25, 0.3) is 0 Å². The number of hydrogen-bond donors (Lipinski definition) is 1. The van der Waals surface area contributed by atoms with E-state index in [0.29, 0.717) is 30.4 Å². The van der Waals surface area contributed by atoms with E-state index in [1.54, 1.807) is 16.5 Å². The van der Waals surface area contributed by atoms with Crippen LogP contribution in [0, 0.1) is 0 Å². The summed E-state index contributed by atoms with van der Waals surface area (Å²) in [6, 6.07) is 2.84. The molecule has 6 heterocycles. The first-order valence-corrected chi connectivity index (χ1v) is 11.7. The van der Waals surface area contributed by atoms with Crippen LogP contribution in [0.5, 0.6) is 5.75 Å². The third-order valence-electron chi connectivity index (χ3n) is 5.66. The van der Waals surface area contributed by atoms with Crippen LogP contribution in [-0.2, 0) is 4.74 Å². The van der Waals surface area contributed by atoms with Crippen molar-refractivity contribution in [2.75, 3.05) is 24.6 Å². The van der Waals surface area contributed by atoms with Gasteiger partial charge in [-0.15, -0.1) is 16.4 Å². The number of alkyl halides is 2. The Hall–Kier alpha value is -3.06. The molecule has 3 aromatic heterocycles. The number of nitrogens with zero attached hydrogens (tertiary/aromatic N) is 6. The summed E-state index contributed by atoms with van der Waals surface area (Å²) in [6.45, 7) is 4.99. The summed E-state index contributed by atoms with van der Waals surface area (Å²) in [6.07, 6.45) is -3.26. The second-order valence-corrected chi connectivity index (χ2v) is 10.1. The van der Waals surface area contributed by atoms with Gasteiger partial charge in [0.1, 0.15) is 12.2 Å². The Balaban J connectivity index is 1.45. The highest BCUT2D eigenvalue weighted by Gasteiger charge is 2.49. The molecule has 3 aliphatic rings. The summed E-state index contributed by atoms with van der Waals surface area (Å²) < 4.78 is 39.3. The molecule has 3 aromatic rings. The van der Waals surface area contributed by atoms with Crippen LogP contribution in [0.1, 0.15) is 27.2 Å². The van der Waals surface area contributed by atoms with Gasteiger partial charge in [-0.2, -0.15) is 13.8 Å². The zero-order chi connectivity index (χ0) is 24.3. The normalized spacial score (nSPS) is 20.4. The minimum absolute atomic E-state index is 0.0485. The van der Waals surface area contributed by atoms with Gasteiger partial charge in [-0.05, 0) is 39.3 Å². The van der Waals surface area contributed by atoms with Gasteiger partial charge >= 0.3 is 12.2 Å². The first-order chi connectivity index (χ1) is 16.0. The fourth-order valence-corrected chi connectivity index (χ4v) is 4.80. The maximum absolute atomic E-state index is 13.8. The molecule has 0 aliphatic carbocycles. The predicted octanol–water partition coefficient (Wildman–Crippen LogP) is 3.01. The highest BCUT2D eigenvalue weighted by Crippen LogP contribution is 2.36. The van der Waals surface area contributed by atoms with E-state index in [1.807, 2.05) is 31.1 Å². The van der Waals surface area contributed by atoms with Crippen molar-refractivity contribution >= 4 is 29.0 Å². The minimum Gasteiger partial charge on any atom is -0.444 e. The number of anilines is 1. The van der Waals surface area contributed by atoms with E-state index in [2.05, 4.69) is 15.1 Å². The Labute approximate surface area is 197 Å². The number of ether oxygens (including phenoxy) is 2. The number of aromatic nitrogens is 4. The van der Waals surface area contributed by atoms with Crippen molar-refractivity contribution in [2.45, 2.75) is 51.0 Å². The molecule has 10 nitrogen and oxygen atoms in total. The molecule has 34 heavy (non-hydrogen) atoms. The van der Waals surface area contributed by atoms with Gasteiger partial charge in [0.05, 0.1) is 29.0 Å². The number of thiazole rings is 1. The van der Waals surface area contributed by atoms with Crippen molar-refractivity contribution in [2.24, 2.45) is 0 Å². The maximum atomic E-state index is 13.8. The molecule has 1 N–H and O–H groups in total. The number of rotatable bonds is 5. The van der Waals surface area contributed by atoms with Gasteiger partial charge < -0.3 is 19.5 Å². The fourth-order valence-electron chi connectivity index (χ4n) is 4.25. The SMILES string of the molecule is CC(C)(C)OC(=O)N1C2CC1CN(c1nc3c(OC(F)(F)CO)ccc(-c4cscn4)n3n1)C2. The van der Waals surface area contributed by atoms with E-state index < -0.39 is 18.3 Å². The Kier molecular flexibility index (Phi) is 5.35. The van der Waals surface area contributed by atoms with Gasteiger partial charge in [0.2, 0.25) is 11.6 Å². The number of pyridine rings is 1.